The Morgan fingerprint density at radius 2 is 2.11 bits per heavy atom. The Labute approximate surface area is 164 Å². The Morgan fingerprint density at radius 1 is 1.22 bits per heavy atom. The summed E-state index contributed by atoms with van der Waals surface area (Å²) < 4.78 is 6.78. The Bertz CT molecular complexity index is 1040. The molecule has 1 aromatic carbocycles. The Morgan fingerprint density at radius 3 is 2.89 bits per heavy atom. The van der Waals surface area contributed by atoms with Crippen LogP contribution in [0.3, 0.4) is 0 Å². The van der Waals surface area contributed by atoms with Crippen molar-refractivity contribution >= 4 is 28.8 Å². The maximum absolute atomic E-state index is 6.20. The van der Waals surface area contributed by atoms with Crippen molar-refractivity contribution in [3.63, 3.8) is 0 Å². The molecule has 0 aliphatic carbocycles. The van der Waals surface area contributed by atoms with E-state index in [9.17, 15) is 0 Å². The van der Waals surface area contributed by atoms with Gasteiger partial charge in [-0.1, -0.05) is 35.1 Å². The molecular formula is C17H17N7OS2. The molecule has 138 valence electrons. The average molecular weight is 400 g/mol. The molecule has 0 aliphatic heterocycles. The number of anilines is 1. The number of rotatable bonds is 6. The molecule has 10 heteroatoms. The molecule has 4 aromatic rings. The molecule has 0 saturated carbocycles. The third kappa shape index (κ3) is 3.67. The lowest BCUT2D eigenvalue weighted by Gasteiger charge is -2.13. The van der Waals surface area contributed by atoms with Crippen LogP contribution in [0, 0.1) is 0 Å². The second-order valence-corrected chi connectivity index (χ2v) is 7.79. The molecule has 2 N–H and O–H groups in total. The first-order chi connectivity index (χ1) is 13.1. The van der Waals surface area contributed by atoms with Gasteiger partial charge in [0.05, 0.1) is 10.6 Å². The van der Waals surface area contributed by atoms with Gasteiger partial charge in [-0.05, 0) is 23.6 Å². The van der Waals surface area contributed by atoms with E-state index in [0.29, 0.717) is 28.4 Å². The van der Waals surface area contributed by atoms with Crippen LogP contribution in [0.5, 0.6) is 0 Å². The maximum Gasteiger partial charge on any atom is 0.268 e. The van der Waals surface area contributed by atoms with Crippen molar-refractivity contribution < 1.29 is 4.52 Å². The molecule has 3 heterocycles. The smallest absolute Gasteiger partial charge is 0.268 e. The highest BCUT2D eigenvalue weighted by Crippen LogP contribution is 2.27. The molecule has 0 saturated heterocycles. The van der Waals surface area contributed by atoms with Gasteiger partial charge in [0.2, 0.25) is 5.16 Å². The van der Waals surface area contributed by atoms with Gasteiger partial charge in [0.15, 0.2) is 11.6 Å². The van der Waals surface area contributed by atoms with Crippen molar-refractivity contribution in [2.24, 2.45) is 0 Å². The summed E-state index contributed by atoms with van der Waals surface area (Å²) in [6.07, 6.45) is 0. The van der Waals surface area contributed by atoms with Gasteiger partial charge in [0.1, 0.15) is 0 Å². The van der Waals surface area contributed by atoms with Crippen LogP contribution in [-0.2, 0) is 5.75 Å². The fourth-order valence-electron chi connectivity index (χ4n) is 2.44. The van der Waals surface area contributed by atoms with E-state index in [-0.39, 0.29) is 0 Å². The Balaban J connectivity index is 1.49. The molecule has 0 radical (unpaired) electrons. The SMILES string of the molecule is CN(C)c1cccc(-c2nnc(SCc3noc(-c4cccs4)n3)n2N)c1. The third-order valence-electron chi connectivity index (χ3n) is 3.82. The summed E-state index contributed by atoms with van der Waals surface area (Å²) in [5, 5.41) is 15.0. The summed E-state index contributed by atoms with van der Waals surface area (Å²) in [6.45, 7) is 0. The molecule has 3 aromatic heterocycles. The van der Waals surface area contributed by atoms with Crippen LogP contribution in [0.1, 0.15) is 5.82 Å². The molecule has 0 aliphatic rings. The maximum atomic E-state index is 6.20. The minimum atomic E-state index is 0.488. The van der Waals surface area contributed by atoms with E-state index in [0.717, 1.165) is 16.1 Å². The fraction of sp³-hybridized carbons (Fsp3) is 0.176. The van der Waals surface area contributed by atoms with E-state index < -0.39 is 0 Å². The van der Waals surface area contributed by atoms with E-state index in [1.54, 1.807) is 11.3 Å². The molecule has 27 heavy (non-hydrogen) atoms. The first kappa shape index (κ1) is 17.6. The quantitative estimate of drug-likeness (QED) is 0.390. The molecule has 0 fully saturated rings. The van der Waals surface area contributed by atoms with Crippen molar-refractivity contribution in [3.05, 3.63) is 47.6 Å². The summed E-state index contributed by atoms with van der Waals surface area (Å²) in [5.74, 6) is 8.41. The lowest BCUT2D eigenvalue weighted by atomic mass is 10.2. The summed E-state index contributed by atoms with van der Waals surface area (Å²) in [5.41, 5.74) is 1.97. The second-order valence-electron chi connectivity index (χ2n) is 5.90. The molecular weight excluding hydrogens is 382 g/mol. The van der Waals surface area contributed by atoms with Crippen LogP contribution in [0.15, 0.2) is 51.5 Å². The van der Waals surface area contributed by atoms with Crippen LogP contribution >= 0.6 is 23.1 Å². The van der Waals surface area contributed by atoms with Gasteiger partial charge in [-0.15, -0.1) is 21.5 Å². The van der Waals surface area contributed by atoms with Gasteiger partial charge in [-0.2, -0.15) is 4.98 Å². The van der Waals surface area contributed by atoms with E-state index in [1.165, 1.54) is 16.4 Å². The zero-order chi connectivity index (χ0) is 18.8. The third-order valence-corrected chi connectivity index (χ3v) is 5.61. The monoisotopic (exact) mass is 399 g/mol. The number of hydrogen-bond acceptors (Lipinski definition) is 9. The minimum Gasteiger partial charge on any atom is -0.378 e. The number of nitrogen functional groups attached to an aromatic ring is 1. The average Bonchev–Trinajstić information content (AvgIpc) is 3.41. The molecule has 0 spiro atoms. The number of thioether (sulfide) groups is 1. The van der Waals surface area contributed by atoms with Gasteiger partial charge in [-0.3, -0.25) is 0 Å². The van der Waals surface area contributed by atoms with E-state index in [4.69, 9.17) is 10.4 Å². The van der Waals surface area contributed by atoms with Crippen LogP contribution < -0.4 is 10.7 Å². The minimum absolute atomic E-state index is 0.488. The number of aromatic nitrogens is 5. The van der Waals surface area contributed by atoms with E-state index in [1.807, 2.05) is 60.8 Å². The molecule has 4 rings (SSSR count). The van der Waals surface area contributed by atoms with Gasteiger partial charge in [0.25, 0.3) is 5.89 Å². The normalized spacial score (nSPS) is 11.0. The predicted octanol–water partition coefficient (Wildman–Crippen LogP) is 3.13. The van der Waals surface area contributed by atoms with Crippen LogP contribution in [0.25, 0.3) is 22.2 Å². The zero-order valence-corrected chi connectivity index (χ0v) is 16.4. The number of thiophene rings is 1. The molecule has 0 amide bonds. The van der Waals surface area contributed by atoms with E-state index in [2.05, 4.69) is 20.3 Å². The molecule has 0 unspecified atom stereocenters. The highest BCUT2D eigenvalue weighted by molar-refractivity contribution is 7.98. The zero-order valence-electron chi connectivity index (χ0n) is 14.7. The van der Waals surface area contributed by atoms with Gasteiger partial charge in [-0.25, -0.2) is 4.68 Å². The second kappa shape index (κ2) is 7.41. The van der Waals surface area contributed by atoms with Crippen LogP contribution in [0.4, 0.5) is 5.69 Å². The van der Waals surface area contributed by atoms with Gasteiger partial charge >= 0.3 is 0 Å². The highest BCUT2D eigenvalue weighted by Gasteiger charge is 2.15. The van der Waals surface area contributed by atoms with Crippen molar-refractivity contribution in [3.8, 4) is 22.2 Å². The molecule has 0 atom stereocenters. The highest BCUT2D eigenvalue weighted by atomic mass is 32.2. The summed E-state index contributed by atoms with van der Waals surface area (Å²) in [7, 11) is 3.98. The Kier molecular flexibility index (Phi) is 4.82. The lowest BCUT2D eigenvalue weighted by molar-refractivity contribution is 0.426. The van der Waals surface area contributed by atoms with Crippen molar-refractivity contribution in [1.82, 2.24) is 25.0 Å². The largest absolute Gasteiger partial charge is 0.378 e. The van der Waals surface area contributed by atoms with Crippen LogP contribution in [0.2, 0.25) is 0 Å². The van der Waals surface area contributed by atoms with Gasteiger partial charge in [0, 0.05) is 25.3 Å². The molecule has 0 bridgehead atoms. The van der Waals surface area contributed by atoms with Gasteiger partial charge < -0.3 is 15.3 Å². The summed E-state index contributed by atoms with van der Waals surface area (Å²) in [4.78, 5) is 7.38. The lowest BCUT2D eigenvalue weighted by Crippen LogP contribution is -2.12. The number of hydrogen-bond donors (Lipinski definition) is 1. The standard InChI is InChI=1S/C17H17N7OS2/c1-23(2)12-6-3-5-11(9-12)15-20-21-17(24(15)18)27-10-14-19-16(25-22-14)13-7-4-8-26-13/h3-9H,10,18H2,1-2H3. The van der Waals surface area contributed by atoms with Crippen molar-refractivity contribution in [1.29, 1.82) is 0 Å². The summed E-state index contributed by atoms with van der Waals surface area (Å²) in [6, 6.07) is 11.9. The predicted molar refractivity (Wildman–Crippen MR) is 107 cm³/mol. The van der Waals surface area contributed by atoms with Crippen LogP contribution in [-0.4, -0.2) is 39.1 Å². The number of nitrogens with two attached hydrogens (primary N) is 1. The Hall–Kier alpha value is -2.85. The topological polar surface area (TPSA) is 98.9 Å². The number of nitrogens with zero attached hydrogens (tertiary/aromatic N) is 6. The first-order valence-corrected chi connectivity index (χ1v) is 9.96. The van der Waals surface area contributed by atoms with Crippen molar-refractivity contribution in [2.45, 2.75) is 10.9 Å². The fourth-order valence-corrected chi connectivity index (χ4v) is 3.78. The number of benzene rings is 1. The molecule has 8 nitrogen and oxygen atoms in total. The van der Waals surface area contributed by atoms with Crippen molar-refractivity contribution in [2.75, 3.05) is 24.8 Å². The first-order valence-electron chi connectivity index (χ1n) is 8.09. The van der Waals surface area contributed by atoms with E-state index >= 15 is 0 Å². The summed E-state index contributed by atoms with van der Waals surface area (Å²) >= 11 is 2.97.